The van der Waals surface area contributed by atoms with E-state index in [1.807, 2.05) is 0 Å². The molecule has 0 amide bonds. The summed E-state index contributed by atoms with van der Waals surface area (Å²) in [4.78, 5) is 0. The van der Waals surface area contributed by atoms with Crippen LogP contribution in [0.4, 0.5) is 0 Å². The number of rotatable bonds is 6. The number of hydrogen-bond acceptors (Lipinski definition) is 1. The van der Waals surface area contributed by atoms with Gasteiger partial charge >= 0.3 is 0 Å². The van der Waals surface area contributed by atoms with Crippen LogP contribution in [0.15, 0.2) is 0 Å². The maximum absolute atomic E-state index is 2.56. The van der Waals surface area contributed by atoms with Crippen molar-refractivity contribution in [1.82, 2.24) is 0 Å². The molecule has 0 nitrogen and oxygen atoms in total. The molecule has 1 unspecified atom stereocenters. The van der Waals surface area contributed by atoms with E-state index in [4.69, 9.17) is 0 Å². The van der Waals surface area contributed by atoms with Crippen molar-refractivity contribution in [2.45, 2.75) is 55.4 Å². The van der Waals surface area contributed by atoms with Crippen LogP contribution in [0.2, 0.25) is 0 Å². The Morgan fingerprint density at radius 1 is 1.14 bits per heavy atom. The Morgan fingerprint density at radius 2 is 1.86 bits per heavy atom. The van der Waals surface area contributed by atoms with Crippen molar-refractivity contribution < 1.29 is 0 Å². The highest BCUT2D eigenvalue weighted by Gasteiger charge is 2.18. The van der Waals surface area contributed by atoms with E-state index >= 15 is 0 Å². The molecule has 1 atom stereocenters. The Hall–Kier alpha value is 1.81. The molecule has 0 N–H and O–H groups in total. The third kappa shape index (κ3) is 5.77. The lowest BCUT2D eigenvalue weighted by Crippen LogP contribution is -2.15. The predicted molar refractivity (Wildman–Crippen MR) is 85.3 cm³/mol. The van der Waals surface area contributed by atoms with Gasteiger partial charge in [-0.05, 0) is 30.1 Å². The van der Waals surface area contributed by atoms with Crippen LogP contribution in [0.1, 0.15) is 44.9 Å². The fraction of sp³-hybridized carbons (Fsp3) is 1.00. The van der Waals surface area contributed by atoms with E-state index in [0.717, 1.165) is 10.5 Å². The molecule has 0 aromatic carbocycles. The summed E-state index contributed by atoms with van der Waals surface area (Å²) in [5.74, 6) is 0. The molecule has 0 spiro atoms. The molecule has 0 bridgehead atoms. The normalized spacial score (nSPS) is 21.0. The van der Waals surface area contributed by atoms with Crippen molar-refractivity contribution in [3.63, 3.8) is 0 Å². The van der Waals surface area contributed by atoms with Crippen LogP contribution < -0.4 is 0 Å². The Bertz CT molecular complexity index is 135. The Balaban J connectivity index is 2.16. The van der Waals surface area contributed by atoms with Crippen LogP contribution in [0.25, 0.3) is 0 Å². The summed E-state index contributed by atoms with van der Waals surface area (Å²) in [5.41, 5.74) is 0. The first-order valence-corrected chi connectivity index (χ1v) is 9.63. The molecule has 0 aliphatic heterocycles. The van der Waals surface area contributed by atoms with Crippen LogP contribution in [0.3, 0.4) is 0 Å². The lowest BCUT2D eigenvalue weighted by molar-refractivity contribution is 0.514. The second-order valence-electron chi connectivity index (χ2n) is 4.00. The zero-order chi connectivity index (χ0) is 10.2. The number of hydrogen-bond donors (Lipinski definition) is 0. The van der Waals surface area contributed by atoms with Crippen molar-refractivity contribution in [1.29, 1.82) is 0 Å². The Morgan fingerprint density at radius 3 is 2.43 bits per heavy atom. The molecule has 0 aromatic rings. The minimum atomic E-state index is 0.938. The topological polar surface area (TPSA) is 0 Å². The molecule has 1 aliphatic rings. The van der Waals surface area contributed by atoms with E-state index in [1.165, 1.54) is 53.8 Å². The number of alkyl halides is 2. The highest BCUT2D eigenvalue weighted by atomic mass is 127. The van der Waals surface area contributed by atoms with Gasteiger partial charge in [-0.1, -0.05) is 64.4 Å². The second kappa shape index (κ2) is 8.90. The molecule has 1 fully saturated rings. The van der Waals surface area contributed by atoms with E-state index in [0.29, 0.717) is 0 Å². The average Bonchev–Trinajstić information content (AvgIpc) is 2.25. The largest absolute Gasteiger partial charge is 0.154 e. The van der Waals surface area contributed by atoms with Gasteiger partial charge in [0.25, 0.3) is 0 Å². The lowest BCUT2D eigenvalue weighted by Gasteiger charge is -2.25. The highest BCUT2D eigenvalue weighted by molar-refractivity contribution is 14.1. The van der Waals surface area contributed by atoms with E-state index in [1.54, 1.807) is 0 Å². The minimum absolute atomic E-state index is 0.938. The SMILES string of the molecule is ICCCC(CI)SC1CCCCC1. The minimum Gasteiger partial charge on any atom is -0.154 e. The predicted octanol–water partition coefficient (Wildman–Crippen LogP) is 5.07. The van der Waals surface area contributed by atoms with Gasteiger partial charge in [0.2, 0.25) is 0 Å². The summed E-state index contributed by atoms with van der Waals surface area (Å²) in [6.07, 6.45) is 10.3. The smallest absolute Gasteiger partial charge is 0.0140 e. The van der Waals surface area contributed by atoms with Gasteiger partial charge in [0.05, 0.1) is 0 Å². The molecule has 84 valence electrons. The maximum atomic E-state index is 2.56. The molecule has 14 heavy (non-hydrogen) atoms. The average molecular weight is 438 g/mol. The molecule has 0 aromatic heterocycles. The van der Waals surface area contributed by atoms with Crippen molar-refractivity contribution in [2.24, 2.45) is 0 Å². The third-order valence-electron chi connectivity index (χ3n) is 2.77. The molecule has 1 rings (SSSR count). The molecular weight excluding hydrogens is 418 g/mol. The van der Waals surface area contributed by atoms with Crippen LogP contribution >= 0.6 is 56.9 Å². The Labute approximate surface area is 120 Å². The van der Waals surface area contributed by atoms with Gasteiger partial charge in [0.1, 0.15) is 0 Å². The second-order valence-corrected chi connectivity index (χ2v) is 7.57. The molecule has 1 aliphatic carbocycles. The van der Waals surface area contributed by atoms with Gasteiger partial charge < -0.3 is 0 Å². The van der Waals surface area contributed by atoms with Crippen molar-refractivity contribution in [2.75, 3.05) is 8.86 Å². The summed E-state index contributed by atoms with van der Waals surface area (Å²) >= 11 is 7.35. The van der Waals surface area contributed by atoms with E-state index in [9.17, 15) is 0 Å². The fourth-order valence-electron chi connectivity index (χ4n) is 1.96. The van der Waals surface area contributed by atoms with Gasteiger partial charge in [0, 0.05) is 14.9 Å². The van der Waals surface area contributed by atoms with Crippen molar-refractivity contribution in [3.8, 4) is 0 Å². The maximum Gasteiger partial charge on any atom is 0.0140 e. The summed E-state index contributed by atoms with van der Waals surface area (Å²) < 4.78 is 2.67. The van der Waals surface area contributed by atoms with Gasteiger partial charge in [0.15, 0.2) is 0 Å². The van der Waals surface area contributed by atoms with E-state index in [2.05, 4.69) is 56.9 Å². The van der Waals surface area contributed by atoms with Gasteiger partial charge in [-0.3, -0.25) is 0 Å². The third-order valence-corrected chi connectivity index (χ3v) is 6.84. The van der Waals surface area contributed by atoms with Crippen LogP contribution in [-0.2, 0) is 0 Å². The van der Waals surface area contributed by atoms with Crippen LogP contribution in [0, 0.1) is 0 Å². The Kier molecular flexibility index (Phi) is 8.82. The molecule has 1 saturated carbocycles. The summed E-state index contributed by atoms with van der Waals surface area (Å²) in [7, 11) is 0. The molecule has 0 heterocycles. The molecule has 0 saturated heterocycles. The zero-order valence-corrected chi connectivity index (χ0v) is 13.8. The van der Waals surface area contributed by atoms with E-state index in [-0.39, 0.29) is 0 Å². The first kappa shape index (κ1) is 13.9. The van der Waals surface area contributed by atoms with E-state index < -0.39 is 0 Å². The summed E-state index contributed by atoms with van der Waals surface area (Å²) in [5, 5.41) is 1.94. The monoisotopic (exact) mass is 438 g/mol. The molecule has 0 radical (unpaired) electrons. The van der Waals surface area contributed by atoms with Gasteiger partial charge in [-0.15, -0.1) is 0 Å². The standard InChI is InChI=1S/C11H20I2S/c12-8-4-7-11(9-13)14-10-5-2-1-3-6-10/h10-11H,1-9H2. The van der Waals surface area contributed by atoms with Gasteiger partial charge in [-0.2, -0.15) is 11.8 Å². The van der Waals surface area contributed by atoms with Crippen molar-refractivity contribution >= 4 is 56.9 Å². The summed E-state index contributed by atoms with van der Waals surface area (Å²) in [6.45, 7) is 0. The molecular formula is C11H20I2S. The zero-order valence-electron chi connectivity index (χ0n) is 8.68. The lowest BCUT2D eigenvalue weighted by atomic mass is 10.0. The van der Waals surface area contributed by atoms with Crippen molar-refractivity contribution in [3.05, 3.63) is 0 Å². The first-order chi connectivity index (χ1) is 6.86. The highest BCUT2D eigenvalue weighted by Crippen LogP contribution is 2.33. The summed E-state index contributed by atoms with van der Waals surface area (Å²) in [6, 6.07) is 0. The molecule has 3 heteroatoms. The number of thioether (sulfide) groups is 1. The van der Waals surface area contributed by atoms with Crippen LogP contribution in [-0.4, -0.2) is 19.4 Å². The first-order valence-electron chi connectivity index (χ1n) is 5.64. The van der Waals surface area contributed by atoms with Gasteiger partial charge in [-0.25, -0.2) is 0 Å². The fourth-order valence-corrected chi connectivity index (χ4v) is 4.99. The quantitative estimate of drug-likeness (QED) is 0.412. The number of halogens is 2. The van der Waals surface area contributed by atoms with Crippen LogP contribution in [0.5, 0.6) is 0 Å².